The topological polar surface area (TPSA) is 41.5 Å². The van der Waals surface area contributed by atoms with Gasteiger partial charge in [-0.15, -0.1) is 0 Å². The number of aliphatic hydroxyl groups is 1. The summed E-state index contributed by atoms with van der Waals surface area (Å²) in [5.74, 6) is 0.811. The van der Waals surface area contributed by atoms with Gasteiger partial charge in [0.25, 0.3) is 0 Å². The first-order chi connectivity index (χ1) is 8.99. The zero-order chi connectivity index (χ0) is 14.3. The van der Waals surface area contributed by atoms with E-state index in [-0.39, 0.29) is 5.41 Å². The lowest BCUT2D eigenvalue weighted by Crippen LogP contribution is -2.31. The highest BCUT2D eigenvalue weighted by atomic mass is 16.5. The lowest BCUT2D eigenvalue weighted by atomic mass is 9.82. The molecular formula is C16H27NO2. The Morgan fingerprint density at radius 3 is 2.37 bits per heavy atom. The summed E-state index contributed by atoms with van der Waals surface area (Å²) in [6.07, 6.45) is 0.640. The summed E-state index contributed by atoms with van der Waals surface area (Å²) < 4.78 is 5.58. The predicted molar refractivity (Wildman–Crippen MR) is 79.8 cm³/mol. The molecule has 1 rings (SSSR count). The van der Waals surface area contributed by atoms with E-state index < -0.39 is 6.10 Å². The molecule has 1 aromatic carbocycles. The van der Waals surface area contributed by atoms with Crippen molar-refractivity contribution in [2.24, 2.45) is 0 Å². The number of aliphatic hydroxyl groups excluding tert-OH is 1. The third kappa shape index (κ3) is 5.21. The Balaban J connectivity index is 2.49. The van der Waals surface area contributed by atoms with Crippen LogP contribution in [0.15, 0.2) is 24.3 Å². The summed E-state index contributed by atoms with van der Waals surface area (Å²) in [4.78, 5) is 0. The van der Waals surface area contributed by atoms with Crippen LogP contribution in [0.5, 0.6) is 5.75 Å². The minimum absolute atomic E-state index is 0.198. The van der Waals surface area contributed by atoms with Gasteiger partial charge in [-0.05, 0) is 36.1 Å². The van der Waals surface area contributed by atoms with Gasteiger partial charge in [-0.3, -0.25) is 0 Å². The number of nitrogens with one attached hydrogen (secondary N) is 1. The van der Waals surface area contributed by atoms with Crippen LogP contribution in [0.2, 0.25) is 0 Å². The number of rotatable bonds is 8. The van der Waals surface area contributed by atoms with Gasteiger partial charge in [0, 0.05) is 6.54 Å². The van der Waals surface area contributed by atoms with Crippen molar-refractivity contribution in [3.05, 3.63) is 29.8 Å². The van der Waals surface area contributed by atoms with Crippen molar-refractivity contribution in [2.75, 3.05) is 19.7 Å². The Hall–Kier alpha value is -1.06. The second-order valence-corrected chi connectivity index (χ2v) is 5.53. The number of hydrogen-bond donors (Lipinski definition) is 2. The third-order valence-corrected chi connectivity index (χ3v) is 3.59. The molecule has 0 saturated heterocycles. The fraction of sp³-hybridized carbons (Fsp3) is 0.625. The maximum atomic E-state index is 9.68. The van der Waals surface area contributed by atoms with Crippen LogP contribution < -0.4 is 10.1 Å². The van der Waals surface area contributed by atoms with Gasteiger partial charge < -0.3 is 15.2 Å². The van der Waals surface area contributed by atoms with Crippen LogP contribution in [0.25, 0.3) is 0 Å². The molecular weight excluding hydrogens is 238 g/mol. The van der Waals surface area contributed by atoms with E-state index in [1.165, 1.54) is 5.56 Å². The molecule has 1 atom stereocenters. The first-order valence-electron chi connectivity index (χ1n) is 7.11. The summed E-state index contributed by atoms with van der Waals surface area (Å²) in [6.45, 7) is 10.4. The van der Waals surface area contributed by atoms with Gasteiger partial charge in [0.05, 0.1) is 0 Å². The molecule has 0 aromatic heterocycles. The average molecular weight is 265 g/mol. The molecule has 2 N–H and O–H groups in total. The highest BCUT2D eigenvalue weighted by Crippen LogP contribution is 2.27. The van der Waals surface area contributed by atoms with E-state index in [0.29, 0.717) is 13.2 Å². The van der Waals surface area contributed by atoms with E-state index in [4.69, 9.17) is 4.74 Å². The van der Waals surface area contributed by atoms with E-state index >= 15 is 0 Å². The van der Waals surface area contributed by atoms with Crippen LogP contribution in [0.3, 0.4) is 0 Å². The van der Waals surface area contributed by atoms with Crippen LogP contribution in [0.1, 0.15) is 39.7 Å². The number of benzene rings is 1. The van der Waals surface area contributed by atoms with Crippen molar-refractivity contribution in [1.82, 2.24) is 5.32 Å². The minimum atomic E-state index is -0.466. The van der Waals surface area contributed by atoms with Crippen molar-refractivity contribution < 1.29 is 9.84 Å². The Kier molecular flexibility index (Phi) is 6.32. The molecule has 3 nitrogen and oxygen atoms in total. The molecule has 19 heavy (non-hydrogen) atoms. The monoisotopic (exact) mass is 265 g/mol. The molecule has 0 spiro atoms. The van der Waals surface area contributed by atoms with Gasteiger partial charge in [-0.1, -0.05) is 39.8 Å². The molecule has 0 saturated carbocycles. The normalized spacial score (nSPS) is 13.3. The lowest BCUT2D eigenvalue weighted by molar-refractivity contribution is 0.107. The van der Waals surface area contributed by atoms with Gasteiger partial charge in [0.15, 0.2) is 0 Å². The van der Waals surface area contributed by atoms with Crippen LogP contribution in [0, 0.1) is 0 Å². The molecule has 108 valence electrons. The predicted octanol–water partition coefficient (Wildman–Crippen LogP) is 2.72. The number of likely N-dealkylation sites (N-methyl/N-ethyl adjacent to an activating group) is 1. The van der Waals surface area contributed by atoms with Crippen molar-refractivity contribution in [1.29, 1.82) is 0 Å². The van der Waals surface area contributed by atoms with E-state index in [1.807, 2.05) is 19.1 Å². The number of hydrogen-bond acceptors (Lipinski definition) is 3. The molecule has 0 aliphatic rings. The summed E-state index contributed by atoms with van der Waals surface area (Å²) in [5, 5.41) is 12.8. The maximum absolute atomic E-state index is 9.68. The van der Waals surface area contributed by atoms with Crippen LogP contribution in [0.4, 0.5) is 0 Å². The fourth-order valence-electron chi connectivity index (χ4n) is 1.77. The molecule has 0 radical (unpaired) electrons. The van der Waals surface area contributed by atoms with Crippen molar-refractivity contribution >= 4 is 0 Å². The van der Waals surface area contributed by atoms with Crippen LogP contribution in [-0.2, 0) is 5.41 Å². The van der Waals surface area contributed by atoms with Gasteiger partial charge >= 0.3 is 0 Å². The molecule has 1 unspecified atom stereocenters. The quantitative estimate of drug-likeness (QED) is 0.759. The Bertz CT molecular complexity index is 360. The van der Waals surface area contributed by atoms with Crippen molar-refractivity contribution in [3.63, 3.8) is 0 Å². The molecule has 0 bridgehead atoms. The summed E-state index contributed by atoms with van der Waals surface area (Å²) in [5.41, 5.74) is 1.51. The van der Waals surface area contributed by atoms with Gasteiger partial charge in [0.1, 0.15) is 18.5 Å². The summed E-state index contributed by atoms with van der Waals surface area (Å²) in [6, 6.07) is 8.17. The van der Waals surface area contributed by atoms with Crippen molar-refractivity contribution in [3.8, 4) is 5.75 Å². The van der Waals surface area contributed by atoms with Gasteiger partial charge in [-0.2, -0.15) is 0 Å². The summed E-state index contributed by atoms with van der Waals surface area (Å²) in [7, 11) is 0. The maximum Gasteiger partial charge on any atom is 0.119 e. The van der Waals surface area contributed by atoms with E-state index in [1.54, 1.807) is 0 Å². The Morgan fingerprint density at radius 1 is 1.21 bits per heavy atom. The molecule has 0 fully saturated rings. The fourth-order valence-corrected chi connectivity index (χ4v) is 1.77. The Morgan fingerprint density at radius 2 is 1.84 bits per heavy atom. The molecule has 3 heteroatoms. The second-order valence-electron chi connectivity index (χ2n) is 5.53. The third-order valence-electron chi connectivity index (χ3n) is 3.59. The van der Waals surface area contributed by atoms with Crippen molar-refractivity contribution in [2.45, 2.75) is 45.6 Å². The van der Waals surface area contributed by atoms with E-state index in [2.05, 4.69) is 38.2 Å². The first kappa shape index (κ1) is 16.0. The minimum Gasteiger partial charge on any atom is -0.491 e. The number of ether oxygens (including phenoxy) is 1. The molecule has 0 aliphatic heterocycles. The Labute approximate surface area is 117 Å². The highest BCUT2D eigenvalue weighted by molar-refractivity contribution is 5.31. The van der Waals surface area contributed by atoms with Crippen LogP contribution >= 0.6 is 0 Å². The standard InChI is InChI=1S/C16H27NO2/c1-5-16(3,4)13-7-9-15(10-8-13)19-12-14(18)11-17-6-2/h7-10,14,17-18H,5-6,11-12H2,1-4H3. The second kappa shape index (κ2) is 7.51. The zero-order valence-corrected chi connectivity index (χ0v) is 12.6. The first-order valence-corrected chi connectivity index (χ1v) is 7.11. The molecule has 0 heterocycles. The smallest absolute Gasteiger partial charge is 0.119 e. The van der Waals surface area contributed by atoms with Gasteiger partial charge in [0.2, 0.25) is 0 Å². The summed E-state index contributed by atoms with van der Waals surface area (Å²) >= 11 is 0. The van der Waals surface area contributed by atoms with E-state index in [9.17, 15) is 5.11 Å². The SMILES string of the molecule is CCNCC(O)COc1ccc(C(C)(C)CC)cc1. The zero-order valence-electron chi connectivity index (χ0n) is 12.6. The average Bonchev–Trinajstić information content (AvgIpc) is 2.43. The molecule has 0 amide bonds. The van der Waals surface area contributed by atoms with Gasteiger partial charge in [-0.25, -0.2) is 0 Å². The molecule has 0 aliphatic carbocycles. The lowest BCUT2D eigenvalue weighted by Gasteiger charge is -2.23. The van der Waals surface area contributed by atoms with Crippen LogP contribution in [-0.4, -0.2) is 30.9 Å². The highest BCUT2D eigenvalue weighted by Gasteiger charge is 2.17. The largest absolute Gasteiger partial charge is 0.491 e. The molecule has 1 aromatic rings. The van der Waals surface area contributed by atoms with E-state index in [0.717, 1.165) is 18.7 Å².